The number of hydrogen-bond acceptors (Lipinski definition) is 4. The number of nitrogens with zero attached hydrogens (tertiary/aromatic N) is 1. The van der Waals surface area contributed by atoms with Crippen LogP contribution in [0.15, 0.2) is 30.5 Å². The molecule has 0 atom stereocenters. The second-order valence-corrected chi connectivity index (χ2v) is 4.30. The van der Waals surface area contributed by atoms with Crippen molar-refractivity contribution in [2.24, 2.45) is 5.73 Å². The van der Waals surface area contributed by atoms with Gasteiger partial charge in [-0.2, -0.15) is 0 Å². The smallest absolute Gasteiger partial charge is 0.254 e. The molecule has 0 aliphatic rings. The predicted octanol–water partition coefficient (Wildman–Crippen LogP) is 2.17. The van der Waals surface area contributed by atoms with Crippen LogP contribution in [0.2, 0.25) is 0 Å². The van der Waals surface area contributed by atoms with E-state index >= 15 is 0 Å². The molecule has 5 nitrogen and oxygen atoms in total. The molecule has 0 unspecified atom stereocenters. The molecule has 2 rings (SSSR count). The number of pyridine rings is 1. The van der Waals surface area contributed by atoms with E-state index in [9.17, 15) is 4.79 Å². The number of benzene rings is 1. The quantitative estimate of drug-likeness (QED) is 0.824. The van der Waals surface area contributed by atoms with E-state index in [1.54, 1.807) is 18.2 Å². The third-order valence-corrected chi connectivity index (χ3v) is 2.81. The zero-order chi connectivity index (χ0) is 14.0. The molecule has 1 amide bonds. The molecular weight excluding hydrogens is 242 g/mol. The van der Waals surface area contributed by atoms with Gasteiger partial charge in [-0.3, -0.25) is 4.79 Å². The highest BCUT2D eigenvalue weighted by Crippen LogP contribution is 2.29. The summed E-state index contributed by atoms with van der Waals surface area (Å²) in [6, 6.07) is 6.82. The lowest BCUT2D eigenvalue weighted by Gasteiger charge is -2.12. The molecule has 0 saturated carbocycles. The van der Waals surface area contributed by atoms with Crippen molar-refractivity contribution in [3.05, 3.63) is 47.2 Å². The van der Waals surface area contributed by atoms with E-state index < -0.39 is 5.91 Å². The van der Waals surface area contributed by atoms with Gasteiger partial charge >= 0.3 is 0 Å². The Bertz CT molecular complexity index is 639. The summed E-state index contributed by atoms with van der Waals surface area (Å²) in [5, 5.41) is 0. The van der Waals surface area contributed by atoms with E-state index in [0.717, 1.165) is 11.1 Å². The number of carbonyl (C=O) groups excluding carboxylic acids is 1. The zero-order valence-electron chi connectivity index (χ0n) is 10.8. The number of aryl methyl sites for hydroxylation is 2. The van der Waals surface area contributed by atoms with Crippen LogP contribution in [0, 0.1) is 13.8 Å². The topological polar surface area (TPSA) is 91.2 Å². The van der Waals surface area contributed by atoms with Gasteiger partial charge in [0.2, 0.25) is 5.88 Å². The molecular formula is C14H15N3O2. The van der Waals surface area contributed by atoms with Gasteiger partial charge in [0.05, 0.1) is 0 Å². The Morgan fingerprint density at radius 3 is 2.68 bits per heavy atom. The second kappa shape index (κ2) is 4.97. The van der Waals surface area contributed by atoms with Gasteiger partial charge in [-0.1, -0.05) is 6.07 Å². The van der Waals surface area contributed by atoms with Gasteiger partial charge in [0, 0.05) is 18.0 Å². The molecule has 0 aliphatic heterocycles. The summed E-state index contributed by atoms with van der Waals surface area (Å²) < 4.78 is 5.65. The Morgan fingerprint density at radius 1 is 1.26 bits per heavy atom. The number of hydrogen-bond donors (Lipinski definition) is 2. The van der Waals surface area contributed by atoms with E-state index in [1.807, 2.05) is 19.9 Å². The lowest BCUT2D eigenvalue weighted by Crippen LogP contribution is -2.13. The van der Waals surface area contributed by atoms with E-state index in [4.69, 9.17) is 16.2 Å². The fourth-order valence-electron chi connectivity index (χ4n) is 1.72. The van der Waals surface area contributed by atoms with Crippen LogP contribution in [0.25, 0.3) is 0 Å². The van der Waals surface area contributed by atoms with Crippen molar-refractivity contribution in [1.82, 2.24) is 4.98 Å². The molecule has 1 aromatic carbocycles. The lowest BCUT2D eigenvalue weighted by molar-refractivity contribution is 0.0997. The highest BCUT2D eigenvalue weighted by molar-refractivity contribution is 5.95. The summed E-state index contributed by atoms with van der Waals surface area (Å²) in [7, 11) is 0. The minimum absolute atomic E-state index is 0.182. The van der Waals surface area contributed by atoms with Crippen LogP contribution in [-0.4, -0.2) is 10.9 Å². The number of rotatable bonds is 3. The number of anilines is 1. The van der Waals surface area contributed by atoms with Crippen LogP contribution >= 0.6 is 0 Å². The van der Waals surface area contributed by atoms with Crippen molar-refractivity contribution in [3.63, 3.8) is 0 Å². The Hall–Kier alpha value is -2.56. The third-order valence-electron chi connectivity index (χ3n) is 2.81. The van der Waals surface area contributed by atoms with Crippen molar-refractivity contribution in [1.29, 1.82) is 0 Å². The van der Waals surface area contributed by atoms with E-state index in [2.05, 4.69) is 4.98 Å². The fourth-order valence-corrected chi connectivity index (χ4v) is 1.72. The van der Waals surface area contributed by atoms with Crippen LogP contribution in [0.1, 0.15) is 21.5 Å². The average Bonchev–Trinajstić information content (AvgIpc) is 2.36. The van der Waals surface area contributed by atoms with Gasteiger partial charge in [-0.05, 0) is 37.1 Å². The van der Waals surface area contributed by atoms with Gasteiger partial charge in [-0.15, -0.1) is 0 Å². The third kappa shape index (κ3) is 2.65. The van der Waals surface area contributed by atoms with Crippen molar-refractivity contribution in [3.8, 4) is 11.6 Å². The van der Waals surface area contributed by atoms with E-state index in [-0.39, 0.29) is 11.4 Å². The molecule has 0 aliphatic carbocycles. The first-order valence-electron chi connectivity index (χ1n) is 5.78. The fraction of sp³-hybridized carbons (Fsp3) is 0.143. The molecule has 0 fully saturated rings. The molecule has 4 N–H and O–H groups in total. The maximum Gasteiger partial charge on any atom is 0.254 e. The minimum Gasteiger partial charge on any atom is -0.438 e. The molecule has 19 heavy (non-hydrogen) atoms. The molecule has 1 heterocycles. The Morgan fingerprint density at radius 2 is 2.00 bits per heavy atom. The molecule has 0 radical (unpaired) electrons. The van der Waals surface area contributed by atoms with Crippen LogP contribution < -0.4 is 16.2 Å². The van der Waals surface area contributed by atoms with Gasteiger partial charge in [0.25, 0.3) is 5.91 Å². The molecule has 1 aromatic heterocycles. The number of carbonyl (C=O) groups is 1. The molecule has 2 aromatic rings. The molecule has 98 valence electrons. The normalized spacial score (nSPS) is 10.2. The molecule has 0 saturated heterocycles. The van der Waals surface area contributed by atoms with Crippen LogP contribution in [0.3, 0.4) is 0 Å². The molecule has 0 spiro atoms. The first-order chi connectivity index (χ1) is 8.99. The Balaban J connectivity index is 2.42. The highest BCUT2D eigenvalue weighted by Gasteiger charge is 2.12. The van der Waals surface area contributed by atoms with Crippen molar-refractivity contribution in [2.75, 3.05) is 5.73 Å². The number of primary amides is 1. The van der Waals surface area contributed by atoms with E-state index in [1.165, 1.54) is 6.20 Å². The number of amides is 1. The van der Waals surface area contributed by atoms with Crippen molar-refractivity contribution >= 4 is 11.6 Å². The number of nitrogen functional groups attached to an aromatic ring is 1. The number of ether oxygens (including phenoxy) is 1. The molecule has 0 bridgehead atoms. The standard InChI is InChI=1S/C14H15N3O2/c1-8-6-9(2)12(7-11(8)15)19-14-10(13(16)18)4-3-5-17-14/h3-7H,15H2,1-2H3,(H2,16,18). The van der Waals surface area contributed by atoms with Gasteiger partial charge in [0.15, 0.2) is 0 Å². The summed E-state index contributed by atoms with van der Waals surface area (Å²) in [5.41, 5.74) is 13.9. The summed E-state index contributed by atoms with van der Waals surface area (Å²) >= 11 is 0. The van der Waals surface area contributed by atoms with Crippen LogP contribution in [-0.2, 0) is 0 Å². The summed E-state index contributed by atoms with van der Waals surface area (Å²) in [6.07, 6.45) is 1.54. The maximum atomic E-state index is 11.3. The predicted molar refractivity (Wildman–Crippen MR) is 73.2 cm³/mol. The lowest BCUT2D eigenvalue weighted by atomic mass is 10.1. The Kier molecular flexibility index (Phi) is 3.37. The highest BCUT2D eigenvalue weighted by atomic mass is 16.5. The zero-order valence-corrected chi connectivity index (χ0v) is 10.8. The summed E-state index contributed by atoms with van der Waals surface area (Å²) in [5.74, 6) is 0.159. The van der Waals surface area contributed by atoms with Crippen LogP contribution in [0.5, 0.6) is 11.6 Å². The van der Waals surface area contributed by atoms with Crippen LogP contribution in [0.4, 0.5) is 5.69 Å². The average molecular weight is 257 g/mol. The second-order valence-electron chi connectivity index (χ2n) is 4.30. The van der Waals surface area contributed by atoms with Gasteiger partial charge < -0.3 is 16.2 Å². The van der Waals surface area contributed by atoms with Gasteiger partial charge in [-0.25, -0.2) is 4.98 Å². The minimum atomic E-state index is -0.583. The molecule has 5 heteroatoms. The first-order valence-corrected chi connectivity index (χ1v) is 5.78. The Labute approximate surface area is 111 Å². The number of nitrogens with two attached hydrogens (primary N) is 2. The van der Waals surface area contributed by atoms with E-state index in [0.29, 0.717) is 11.4 Å². The number of aromatic nitrogens is 1. The van der Waals surface area contributed by atoms with Crippen molar-refractivity contribution in [2.45, 2.75) is 13.8 Å². The van der Waals surface area contributed by atoms with Gasteiger partial charge in [0.1, 0.15) is 11.3 Å². The first kappa shape index (κ1) is 12.9. The summed E-state index contributed by atoms with van der Waals surface area (Å²) in [6.45, 7) is 3.82. The largest absolute Gasteiger partial charge is 0.438 e. The SMILES string of the molecule is Cc1cc(C)c(Oc2ncccc2C(N)=O)cc1N. The maximum absolute atomic E-state index is 11.3. The van der Waals surface area contributed by atoms with Crippen molar-refractivity contribution < 1.29 is 9.53 Å². The summed E-state index contributed by atoms with van der Waals surface area (Å²) in [4.78, 5) is 15.3. The monoisotopic (exact) mass is 257 g/mol.